The quantitative estimate of drug-likeness (QED) is 0.627. The zero-order valence-electron chi connectivity index (χ0n) is 10.4. The van der Waals surface area contributed by atoms with Gasteiger partial charge in [0, 0.05) is 0 Å². The molecule has 0 aliphatic carbocycles. The van der Waals surface area contributed by atoms with Gasteiger partial charge in [0.25, 0.3) is 5.91 Å². The summed E-state index contributed by atoms with van der Waals surface area (Å²) in [5, 5.41) is 14.1. The van der Waals surface area contributed by atoms with Crippen molar-refractivity contribution in [1.82, 2.24) is 15.3 Å². The average molecular weight is 276 g/mol. The van der Waals surface area contributed by atoms with E-state index in [1.165, 1.54) is 16.9 Å². The second-order valence-corrected chi connectivity index (χ2v) is 3.93. The Balaban J connectivity index is 1.76. The lowest BCUT2D eigenvalue weighted by Crippen LogP contribution is -2.27. The van der Waals surface area contributed by atoms with Crippen LogP contribution in [0.2, 0.25) is 0 Å². The maximum atomic E-state index is 11.5. The second-order valence-electron chi connectivity index (χ2n) is 3.93. The minimum absolute atomic E-state index is 0.150. The van der Waals surface area contributed by atoms with Gasteiger partial charge in [0.15, 0.2) is 0 Å². The van der Waals surface area contributed by atoms with Crippen LogP contribution in [-0.2, 0) is 22.8 Å². The first-order chi connectivity index (χ1) is 9.65. The molecule has 0 unspecified atom stereocenters. The molecule has 1 amide bonds. The van der Waals surface area contributed by atoms with E-state index in [-0.39, 0.29) is 19.0 Å². The molecule has 0 bridgehead atoms. The van der Waals surface area contributed by atoms with Crippen molar-refractivity contribution < 1.29 is 14.6 Å². The topological polar surface area (TPSA) is 99.3 Å². The van der Waals surface area contributed by atoms with Crippen LogP contribution in [0.3, 0.4) is 0 Å². The number of hydroxylamine groups is 1. The van der Waals surface area contributed by atoms with Crippen molar-refractivity contribution >= 4 is 11.7 Å². The smallest absolute Gasteiger partial charge is 0.358 e. The van der Waals surface area contributed by atoms with Crippen LogP contribution in [0.4, 0.5) is 5.82 Å². The molecule has 0 aliphatic rings. The van der Waals surface area contributed by atoms with Crippen molar-refractivity contribution in [1.29, 1.82) is 0 Å². The van der Waals surface area contributed by atoms with Gasteiger partial charge in [0.2, 0.25) is 0 Å². The fourth-order valence-electron chi connectivity index (χ4n) is 1.49. The maximum Gasteiger partial charge on any atom is 0.389 e. The first kappa shape index (κ1) is 13.7. The van der Waals surface area contributed by atoms with Crippen molar-refractivity contribution in [2.24, 2.45) is 0 Å². The van der Waals surface area contributed by atoms with E-state index in [1.54, 1.807) is 0 Å². The molecule has 0 radical (unpaired) electrons. The fourth-order valence-corrected chi connectivity index (χ4v) is 1.49. The molecule has 1 aromatic heterocycles. The summed E-state index contributed by atoms with van der Waals surface area (Å²) in [4.78, 5) is 26.4. The number of nitrogens with one attached hydrogen (secondary N) is 1. The highest BCUT2D eigenvalue weighted by Gasteiger charge is 2.13. The number of rotatable bonds is 6. The lowest BCUT2D eigenvalue weighted by molar-refractivity contribution is -0.389. The predicted molar refractivity (Wildman–Crippen MR) is 68.3 cm³/mol. The molecule has 104 valence electrons. The lowest BCUT2D eigenvalue weighted by Gasteiger charge is -2.04. The number of hydrogen-bond donors (Lipinski definition) is 1. The summed E-state index contributed by atoms with van der Waals surface area (Å²) >= 11 is 0. The van der Waals surface area contributed by atoms with Crippen LogP contribution < -0.4 is 5.48 Å². The molecule has 1 aromatic carbocycles. The van der Waals surface area contributed by atoms with Crippen molar-refractivity contribution in [2.45, 2.75) is 13.2 Å². The van der Waals surface area contributed by atoms with E-state index in [0.717, 1.165) is 5.56 Å². The van der Waals surface area contributed by atoms with Gasteiger partial charge >= 0.3 is 5.82 Å². The van der Waals surface area contributed by atoms with Crippen LogP contribution in [0.25, 0.3) is 0 Å². The monoisotopic (exact) mass is 276 g/mol. The number of nitrogens with zero attached hydrogens (tertiary/aromatic N) is 3. The van der Waals surface area contributed by atoms with Gasteiger partial charge in [-0.15, -0.1) is 0 Å². The van der Waals surface area contributed by atoms with Crippen LogP contribution in [0, 0.1) is 10.1 Å². The van der Waals surface area contributed by atoms with E-state index in [9.17, 15) is 14.9 Å². The number of benzene rings is 1. The molecule has 0 fully saturated rings. The van der Waals surface area contributed by atoms with Gasteiger partial charge in [-0.3, -0.25) is 9.63 Å². The largest absolute Gasteiger partial charge is 0.389 e. The van der Waals surface area contributed by atoms with E-state index < -0.39 is 10.8 Å². The molecular weight excluding hydrogens is 264 g/mol. The summed E-state index contributed by atoms with van der Waals surface area (Å²) in [6, 6.07) is 10.6. The van der Waals surface area contributed by atoms with Crippen LogP contribution in [0.15, 0.2) is 42.6 Å². The summed E-state index contributed by atoms with van der Waals surface area (Å²) in [5.74, 6) is -0.748. The third-order valence-corrected chi connectivity index (χ3v) is 2.39. The second kappa shape index (κ2) is 6.43. The molecule has 8 heteroatoms. The first-order valence-corrected chi connectivity index (χ1v) is 5.77. The first-order valence-electron chi connectivity index (χ1n) is 5.77. The van der Waals surface area contributed by atoms with Gasteiger partial charge in [-0.2, -0.15) is 4.68 Å². The zero-order valence-corrected chi connectivity index (χ0v) is 10.4. The molecule has 2 rings (SSSR count). The van der Waals surface area contributed by atoms with Crippen molar-refractivity contribution in [3.8, 4) is 0 Å². The third kappa shape index (κ3) is 3.89. The number of carbonyl (C=O) groups excluding carboxylic acids is 1. The van der Waals surface area contributed by atoms with Crippen molar-refractivity contribution in [3.05, 3.63) is 58.3 Å². The van der Waals surface area contributed by atoms with Gasteiger partial charge in [0.1, 0.15) is 6.54 Å². The Kier molecular flexibility index (Phi) is 4.40. The van der Waals surface area contributed by atoms with Crippen LogP contribution >= 0.6 is 0 Å². The molecule has 0 atom stereocenters. The molecule has 0 saturated carbocycles. The maximum absolute atomic E-state index is 11.5. The Bertz CT molecular complexity index is 597. The Morgan fingerprint density at radius 2 is 2.10 bits per heavy atom. The van der Waals surface area contributed by atoms with Gasteiger partial charge in [-0.1, -0.05) is 30.3 Å². The van der Waals surface area contributed by atoms with Crippen LogP contribution in [0.5, 0.6) is 0 Å². The molecule has 1 heterocycles. The molecule has 2 aromatic rings. The standard InChI is InChI=1S/C12H12N4O4/c17-12(8-15-7-6-11(13-15)16(18)19)14-20-9-10-4-2-1-3-5-10/h1-7H,8-9H2,(H,14,17). The number of carbonyl (C=O) groups is 1. The fraction of sp³-hybridized carbons (Fsp3) is 0.167. The van der Waals surface area contributed by atoms with E-state index in [2.05, 4.69) is 10.6 Å². The summed E-state index contributed by atoms with van der Waals surface area (Å²) in [5.41, 5.74) is 3.17. The summed E-state index contributed by atoms with van der Waals surface area (Å²) in [6.45, 7) is 0.0917. The normalized spacial score (nSPS) is 10.2. The Morgan fingerprint density at radius 1 is 1.35 bits per heavy atom. The molecule has 0 spiro atoms. The highest BCUT2D eigenvalue weighted by molar-refractivity contribution is 5.74. The SMILES string of the molecule is O=C(Cn1ccc([N+](=O)[O-])n1)NOCc1ccccc1. The molecule has 1 N–H and O–H groups in total. The van der Waals surface area contributed by atoms with E-state index in [4.69, 9.17) is 4.84 Å². The predicted octanol–water partition coefficient (Wildman–Crippen LogP) is 1.04. The summed E-state index contributed by atoms with van der Waals surface area (Å²) in [6.07, 6.45) is 1.36. The summed E-state index contributed by atoms with van der Waals surface area (Å²) < 4.78 is 1.17. The minimum atomic E-state index is -0.625. The van der Waals surface area contributed by atoms with E-state index in [0.29, 0.717) is 0 Å². The van der Waals surface area contributed by atoms with Crippen molar-refractivity contribution in [2.75, 3.05) is 0 Å². The molecule has 0 saturated heterocycles. The van der Waals surface area contributed by atoms with Gasteiger partial charge in [-0.25, -0.2) is 5.48 Å². The van der Waals surface area contributed by atoms with Crippen LogP contribution in [0.1, 0.15) is 5.56 Å². The van der Waals surface area contributed by atoms with Gasteiger partial charge < -0.3 is 10.1 Å². The number of nitro groups is 1. The Hall–Kier alpha value is -2.74. The van der Waals surface area contributed by atoms with Crippen LogP contribution in [-0.4, -0.2) is 20.6 Å². The van der Waals surface area contributed by atoms with Gasteiger partial charge in [-0.05, 0) is 10.5 Å². The number of hydrogen-bond acceptors (Lipinski definition) is 5. The Morgan fingerprint density at radius 3 is 2.75 bits per heavy atom. The highest BCUT2D eigenvalue weighted by atomic mass is 16.7. The van der Waals surface area contributed by atoms with E-state index >= 15 is 0 Å². The lowest BCUT2D eigenvalue weighted by atomic mass is 10.2. The minimum Gasteiger partial charge on any atom is -0.358 e. The molecular formula is C12H12N4O4. The summed E-state index contributed by atoms with van der Waals surface area (Å²) in [7, 11) is 0. The highest BCUT2D eigenvalue weighted by Crippen LogP contribution is 2.04. The Labute approximate surface area is 114 Å². The zero-order chi connectivity index (χ0) is 14.4. The number of aromatic nitrogens is 2. The molecule has 0 aliphatic heterocycles. The molecule has 8 nitrogen and oxygen atoms in total. The third-order valence-electron chi connectivity index (χ3n) is 2.39. The average Bonchev–Trinajstić information content (AvgIpc) is 2.88. The van der Waals surface area contributed by atoms with Crippen molar-refractivity contribution in [3.63, 3.8) is 0 Å². The van der Waals surface area contributed by atoms with Gasteiger partial charge in [0.05, 0.1) is 24.0 Å². The molecule has 20 heavy (non-hydrogen) atoms. The van der Waals surface area contributed by atoms with E-state index in [1.807, 2.05) is 30.3 Å². The number of amides is 1.